The van der Waals surface area contributed by atoms with Crippen molar-refractivity contribution in [1.29, 1.82) is 0 Å². The summed E-state index contributed by atoms with van der Waals surface area (Å²) in [6, 6.07) is 12.0. The summed E-state index contributed by atoms with van der Waals surface area (Å²) in [5, 5.41) is 5.99. The van der Waals surface area contributed by atoms with Crippen molar-refractivity contribution >= 4 is 40.4 Å². The molecular formula is C21H23ClN4O3. The molecule has 0 spiro atoms. The molecule has 0 saturated carbocycles. The van der Waals surface area contributed by atoms with Crippen LogP contribution in [0.4, 0.5) is 5.95 Å². The van der Waals surface area contributed by atoms with E-state index in [0.29, 0.717) is 28.7 Å². The molecule has 0 fully saturated rings. The second-order valence-corrected chi connectivity index (χ2v) is 7.04. The van der Waals surface area contributed by atoms with Gasteiger partial charge in [0, 0.05) is 5.02 Å². The molecule has 152 valence electrons. The van der Waals surface area contributed by atoms with Gasteiger partial charge in [0.1, 0.15) is 11.8 Å². The Morgan fingerprint density at radius 1 is 1.24 bits per heavy atom. The Morgan fingerprint density at radius 3 is 2.72 bits per heavy atom. The van der Waals surface area contributed by atoms with Crippen LogP contribution < -0.4 is 15.4 Å². The molecule has 1 heterocycles. The molecule has 3 aromatic rings. The van der Waals surface area contributed by atoms with Crippen molar-refractivity contribution in [2.24, 2.45) is 0 Å². The lowest BCUT2D eigenvalue weighted by Crippen LogP contribution is -2.44. The zero-order chi connectivity index (χ0) is 20.8. The molecule has 0 bridgehead atoms. The Balaban J connectivity index is 1.65. The van der Waals surface area contributed by atoms with Gasteiger partial charge in [0.2, 0.25) is 17.8 Å². The summed E-state index contributed by atoms with van der Waals surface area (Å²) in [6.45, 7) is 1.95. The Bertz CT molecular complexity index is 985. The fraction of sp³-hybridized carbons (Fsp3) is 0.286. The Labute approximate surface area is 173 Å². The molecule has 8 heteroatoms. The number of amides is 2. The van der Waals surface area contributed by atoms with Crippen LogP contribution in [-0.4, -0.2) is 34.9 Å². The summed E-state index contributed by atoms with van der Waals surface area (Å²) in [6.07, 6.45) is 1.32. The van der Waals surface area contributed by atoms with Crippen LogP contribution in [0.3, 0.4) is 0 Å². The maximum absolute atomic E-state index is 12.7. The van der Waals surface area contributed by atoms with Crippen molar-refractivity contribution < 1.29 is 14.3 Å². The maximum Gasteiger partial charge on any atom is 0.249 e. The highest BCUT2D eigenvalue weighted by atomic mass is 35.5. The fourth-order valence-corrected chi connectivity index (χ4v) is 3.23. The van der Waals surface area contributed by atoms with Crippen LogP contribution in [0.15, 0.2) is 42.5 Å². The summed E-state index contributed by atoms with van der Waals surface area (Å²) >= 11 is 6.21. The Morgan fingerprint density at radius 2 is 2.03 bits per heavy atom. The number of benzene rings is 2. The minimum absolute atomic E-state index is 0.0704. The molecule has 0 saturated heterocycles. The summed E-state index contributed by atoms with van der Waals surface area (Å²) in [5.41, 5.74) is 2.25. The zero-order valence-corrected chi connectivity index (χ0v) is 17.0. The van der Waals surface area contributed by atoms with Crippen LogP contribution in [0.25, 0.3) is 11.0 Å². The summed E-state index contributed by atoms with van der Waals surface area (Å²) in [5.74, 6) is 0.369. The predicted molar refractivity (Wildman–Crippen MR) is 113 cm³/mol. The largest absolute Gasteiger partial charge is 0.497 e. The van der Waals surface area contributed by atoms with Crippen molar-refractivity contribution in [2.45, 2.75) is 32.2 Å². The first-order valence-electron chi connectivity index (χ1n) is 9.37. The molecule has 3 N–H and O–H groups in total. The van der Waals surface area contributed by atoms with Crippen LogP contribution >= 0.6 is 11.6 Å². The first kappa shape index (κ1) is 20.7. The minimum Gasteiger partial charge on any atom is -0.497 e. The number of para-hydroxylation sites is 2. The standard InChI is InChI=1S/C21H23ClN4O3/c1-3-6-18(20(28)26-21-24-16-7-4-5-8-17(16)25-21)23-19(27)11-13-9-10-14(29-2)12-15(13)22/h4-5,7-10,12,18H,3,6,11H2,1-2H3,(H,23,27)(H2,24,25,26,28). The van der Waals surface area contributed by atoms with E-state index in [0.717, 1.165) is 17.5 Å². The van der Waals surface area contributed by atoms with Crippen LogP contribution in [0.1, 0.15) is 25.3 Å². The van der Waals surface area contributed by atoms with Crippen molar-refractivity contribution in [2.75, 3.05) is 12.4 Å². The van der Waals surface area contributed by atoms with Gasteiger partial charge in [-0.15, -0.1) is 0 Å². The van der Waals surface area contributed by atoms with E-state index in [1.807, 2.05) is 31.2 Å². The highest BCUT2D eigenvalue weighted by Gasteiger charge is 2.21. The van der Waals surface area contributed by atoms with Gasteiger partial charge in [0.25, 0.3) is 0 Å². The number of H-pyrrole nitrogens is 1. The Hall–Kier alpha value is -3.06. The van der Waals surface area contributed by atoms with Crippen molar-refractivity contribution in [3.05, 3.63) is 53.1 Å². The van der Waals surface area contributed by atoms with Gasteiger partial charge in [-0.2, -0.15) is 0 Å². The predicted octanol–water partition coefficient (Wildman–Crippen LogP) is 3.69. The molecule has 7 nitrogen and oxygen atoms in total. The van der Waals surface area contributed by atoms with Gasteiger partial charge in [-0.1, -0.05) is 43.1 Å². The number of methoxy groups -OCH3 is 1. The molecular weight excluding hydrogens is 392 g/mol. The number of carbonyl (C=O) groups is 2. The van der Waals surface area contributed by atoms with Crippen molar-refractivity contribution in [3.8, 4) is 5.75 Å². The van der Waals surface area contributed by atoms with Gasteiger partial charge in [-0.25, -0.2) is 4.98 Å². The number of anilines is 1. The zero-order valence-electron chi connectivity index (χ0n) is 16.3. The SMILES string of the molecule is CCCC(NC(=O)Cc1ccc(OC)cc1Cl)C(=O)Nc1nc2ccccc2[nH]1. The number of hydrogen-bond donors (Lipinski definition) is 3. The van der Waals surface area contributed by atoms with Crippen LogP contribution in [0, 0.1) is 0 Å². The second kappa shape index (κ2) is 9.43. The number of halogens is 1. The lowest BCUT2D eigenvalue weighted by atomic mass is 10.1. The van der Waals surface area contributed by atoms with E-state index in [1.54, 1.807) is 25.3 Å². The third-order valence-electron chi connectivity index (χ3n) is 4.47. The molecule has 1 atom stereocenters. The van der Waals surface area contributed by atoms with E-state index < -0.39 is 6.04 Å². The normalized spacial score (nSPS) is 11.8. The van der Waals surface area contributed by atoms with E-state index in [9.17, 15) is 9.59 Å². The molecule has 0 aliphatic rings. The lowest BCUT2D eigenvalue weighted by molar-refractivity contribution is -0.126. The molecule has 0 aliphatic heterocycles. The number of nitrogens with one attached hydrogen (secondary N) is 3. The monoisotopic (exact) mass is 414 g/mol. The van der Waals surface area contributed by atoms with E-state index in [4.69, 9.17) is 16.3 Å². The smallest absolute Gasteiger partial charge is 0.249 e. The van der Waals surface area contributed by atoms with Crippen LogP contribution in [0.5, 0.6) is 5.75 Å². The summed E-state index contributed by atoms with van der Waals surface area (Å²) in [7, 11) is 1.55. The number of hydrogen-bond acceptors (Lipinski definition) is 4. The summed E-state index contributed by atoms with van der Waals surface area (Å²) < 4.78 is 5.11. The number of rotatable bonds is 8. The number of ether oxygens (including phenoxy) is 1. The van der Waals surface area contributed by atoms with Gasteiger partial charge < -0.3 is 15.0 Å². The third kappa shape index (κ3) is 5.26. The van der Waals surface area contributed by atoms with E-state index in [2.05, 4.69) is 20.6 Å². The molecule has 29 heavy (non-hydrogen) atoms. The third-order valence-corrected chi connectivity index (χ3v) is 4.82. The number of fused-ring (bicyclic) bond motifs is 1. The van der Waals surface area contributed by atoms with Gasteiger partial charge in [-0.3, -0.25) is 14.9 Å². The van der Waals surface area contributed by atoms with Crippen LogP contribution in [-0.2, 0) is 16.0 Å². The van der Waals surface area contributed by atoms with Crippen molar-refractivity contribution in [1.82, 2.24) is 15.3 Å². The number of aromatic amines is 1. The second-order valence-electron chi connectivity index (χ2n) is 6.63. The van der Waals surface area contributed by atoms with Gasteiger partial charge in [0.05, 0.1) is 24.6 Å². The van der Waals surface area contributed by atoms with Crippen molar-refractivity contribution in [3.63, 3.8) is 0 Å². The van der Waals surface area contributed by atoms with Gasteiger partial charge >= 0.3 is 0 Å². The quantitative estimate of drug-likeness (QED) is 0.523. The number of carbonyl (C=O) groups excluding carboxylic acids is 2. The maximum atomic E-state index is 12.7. The summed E-state index contributed by atoms with van der Waals surface area (Å²) in [4.78, 5) is 32.6. The first-order chi connectivity index (χ1) is 14.0. The van der Waals surface area contributed by atoms with E-state index in [1.165, 1.54) is 0 Å². The van der Waals surface area contributed by atoms with E-state index >= 15 is 0 Å². The highest BCUT2D eigenvalue weighted by molar-refractivity contribution is 6.31. The molecule has 1 aromatic heterocycles. The molecule has 2 amide bonds. The van der Waals surface area contributed by atoms with Gasteiger partial charge in [-0.05, 0) is 36.2 Å². The highest BCUT2D eigenvalue weighted by Crippen LogP contribution is 2.23. The molecule has 0 aliphatic carbocycles. The average molecular weight is 415 g/mol. The molecule has 3 rings (SSSR count). The first-order valence-corrected chi connectivity index (χ1v) is 9.75. The lowest BCUT2D eigenvalue weighted by Gasteiger charge is -2.17. The molecule has 2 aromatic carbocycles. The molecule has 0 radical (unpaired) electrons. The number of imidazole rings is 1. The fourth-order valence-electron chi connectivity index (χ4n) is 2.99. The topological polar surface area (TPSA) is 96.1 Å². The number of aromatic nitrogens is 2. The van der Waals surface area contributed by atoms with Gasteiger partial charge in [0.15, 0.2) is 0 Å². The Kier molecular flexibility index (Phi) is 6.72. The number of nitrogens with zero attached hydrogens (tertiary/aromatic N) is 1. The average Bonchev–Trinajstić information content (AvgIpc) is 3.11. The minimum atomic E-state index is -0.669. The van der Waals surface area contributed by atoms with Crippen LogP contribution in [0.2, 0.25) is 5.02 Å². The van der Waals surface area contributed by atoms with E-state index in [-0.39, 0.29) is 18.2 Å². The molecule has 1 unspecified atom stereocenters.